The summed E-state index contributed by atoms with van der Waals surface area (Å²) >= 11 is 3.54. The number of nitro benzene ring substituents is 1. The number of halogens is 1. The second-order valence-corrected chi connectivity index (χ2v) is 8.61. The summed E-state index contributed by atoms with van der Waals surface area (Å²) in [5.74, 6) is 0.636. The van der Waals surface area contributed by atoms with Gasteiger partial charge in [0.05, 0.1) is 16.9 Å². The molecule has 3 aromatic rings. The van der Waals surface area contributed by atoms with E-state index >= 15 is 0 Å². The lowest BCUT2D eigenvalue weighted by molar-refractivity contribution is -0.384. The van der Waals surface area contributed by atoms with Gasteiger partial charge in [-0.15, -0.1) is 11.8 Å². The molecule has 0 aromatic heterocycles. The second kappa shape index (κ2) is 11.5. The average molecular weight is 547 g/mol. The minimum Gasteiger partial charge on any atom is -0.489 e. The molecule has 1 N–H and O–H groups in total. The molecule has 0 radical (unpaired) electrons. The van der Waals surface area contributed by atoms with Crippen LogP contribution in [0.4, 0.5) is 5.69 Å². The van der Waals surface area contributed by atoms with Crippen LogP contribution in [0.3, 0.4) is 0 Å². The number of nitrogens with zero attached hydrogens (tertiary/aromatic N) is 2. The van der Waals surface area contributed by atoms with Crippen molar-refractivity contribution in [3.05, 3.63) is 97.6 Å². The van der Waals surface area contributed by atoms with E-state index in [4.69, 9.17) is 4.74 Å². The van der Waals surface area contributed by atoms with Crippen molar-refractivity contribution in [1.29, 1.82) is 0 Å². The minimum atomic E-state index is -0.460. The van der Waals surface area contributed by atoms with E-state index in [2.05, 4.69) is 33.1 Å². The number of thioether (sulfide) groups is 1. The second-order valence-electron chi connectivity index (χ2n) is 6.32. The normalized spacial score (nSPS) is 10.7. The molecule has 0 spiro atoms. The molecular formula is C22H18IN3O4S. The fourth-order valence-electron chi connectivity index (χ4n) is 2.42. The van der Waals surface area contributed by atoms with Gasteiger partial charge in [-0.25, -0.2) is 5.43 Å². The van der Waals surface area contributed by atoms with Crippen molar-refractivity contribution < 1.29 is 14.5 Å². The van der Waals surface area contributed by atoms with Crippen LogP contribution in [-0.2, 0) is 11.4 Å². The van der Waals surface area contributed by atoms with Crippen LogP contribution in [0, 0.1) is 13.7 Å². The fraction of sp³-hybridized carbons (Fsp3) is 0.0909. The third kappa shape index (κ3) is 7.68. The first kappa shape index (κ1) is 22.8. The maximum absolute atomic E-state index is 11.9. The number of carbonyl (C=O) groups excluding carboxylic acids is 1. The number of hydrogen-bond donors (Lipinski definition) is 1. The molecule has 31 heavy (non-hydrogen) atoms. The predicted octanol–water partition coefficient (Wildman–Crippen LogP) is 5.02. The van der Waals surface area contributed by atoms with Gasteiger partial charge >= 0.3 is 0 Å². The summed E-state index contributed by atoms with van der Waals surface area (Å²) in [7, 11) is 0. The van der Waals surface area contributed by atoms with Crippen molar-refractivity contribution in [2.24, 2.45) is 5.10 Å². The molecule has 9 heteroatoms. The van der Waals surface area contributed by atoms with Gasteiger partial charge in [0.2, 0.25) is 5.91 Å². The molecule has 0 aliphatic rings. The molecule has 0 heterocycles. The van der Waals surface area contributed by atoms with Gasteiger partial charge in [0.15, 0.2) is 0 Å². The molecule has 1 amide bonds. The summed E-state index contributed by atoms with van der Waals surface area (Å²) < 4.78 is 6.95. The Morgan fingerprint density at radius 2 is 1.74 bits per heavy atom. The van der Waals surface area contributed by atoms with Crippen LogP contribution in [0.15, 0.2) is 82.8 Å². The monoisotopic (exact) mass is 547 g/mol. The van der Waals surface area contributed by atoms with Gasteiger partial charge in [-0.3, -0.25) is 14.9 Å². The lowest BCUT2D eigenvalue weighted by Gasteiger charge is -2.06. The van der Waals surface area contributed by atoms with Crippen molar-refractivity contribution in [1.82, 2.24) is 5.43 Å². The van der Waals surface area contributed by atoms with Gasteiger partial charge in [0.1, 0.15) is 12.4 Å². The van der Waals surface area contributed by atoms with Crippen LogP contribution < -0.4 is 10.2 Å². The predicted molar refractivity (Wildman–Crippen MR) is 129 cm³/mol. The van der Waals surface area contributed by atoms with Gasteiger partial charge in [-0.1, -0.05) is 12.1 Å². The van der Waals surface area contributed by atoms with Crippen molar-refractivity contribution in [2.75, 3.05) is 5.75 Å². The largest absolute Gasteiger partial charge is 0.489 e. The third-order valence-electron chi connectivity index (χ3n) is 4.02. The highest BCUT2D eigenvalue weighted by Gasteiger charge is 2.06. The van der Waals surface area contributed by atoms with Crippen LogP contribution in [-0.4, -0.2) is 22.8 Å². The molecule has 0 bridgehead atoms. The zero-order valence-corrected chi connectivity index (χ0v) is 19.2. The highest BCUT2D eigenvalue weighted by Crippen LogP contribution is 2.21. The first-order valence-electron chi connectivity index (χ1n) is 9.16. The summed E-state index contributed by atoms with van der Waals surface area (Å²) in [4.78, 5) is 22.9. The number of hydrogen-bond acceptors (Lipinski definition) is 6. The average Bonchev–Trinajstić information content (AvgIpc) is 2.78. The van der Waals surface area contributed by atoms with Gasteiger partial charge in [0.25, 0.3) is 5.69 Å². The van der Waals surface area contributed by atoms with Crippen molar-refractivity contribution in [3.8, 4) is 5.75 Å². The Hall–Kier alpha value is -2.92. The van der Waals surface area contributed by atoms with E-state index in [0.29, 0.717) is 6.61 Å². The summed E-state index contributed by atoms with van der Waals surface area (Å²) in [6.45, 7) is 0.493. The minimum absolute atomic E-state index is 0.0182. The van der Waals surface area contributed by atoms with Crippen LogP contribution in [0.5, 0.6) is 5.75 Å². The lowest BCUT2D eigenvalue weighted by atomic mass is 10.2. The first-order valence-corrected chi connectivity index (χ1v) is 11.2. The SMILES string of the molecule is O=C(CSc1ccc([N+](=O)[O-])cc1)N/N=C\c1ccc(OCc2ccc(I)cc2)cc1. The molecule has 3 rings (SSSR count). The molecule has 0 aliphatic heterocycles. The molecule has 0 aliphatic carbocycles. The number of amides is 1. The first-order chi connectivity index (χ1) is 15.0. The summed E-state index contributed by atoms with van der Waals surface area (Å²) in [6.07, 6.45) is 1.55. The van der Waals surface area contributed by atoms with E-state index in [1.807, 2.05) is 48.5 Å². The molecule has 0 fully saturated rings. The zero-order chi connectivity index (χ0) is 22.1. The fourth-order valence-corrected chi connectivity index (χ4v) is 3.47. The highest BCUT2D eigenvalue weighted by atomic mass is 127. The van der Waals surface area contributed by atoms with E-state index in [-0.39, 0.29) is 17.3 Å². The number of rotatable bonds is 9. The van der Waals surface area contributed by atoms with Crippen LogP contribution in [0.2, 0.25) is 0 Å². The van der Waals surface area contributed by atoms with Gasteiger partial charge in [-0.2, -0.15) is 5.10 Å². The Kier molecular flexibility index (Phi) is 8.42. The number of non-ortho nitro benzene ring substituents is 1. The van der Waals surface area contributed by atoms with E-state index in [1.54, 1.807) is 18.3 Å². The molecule has 158 valence electrons. The maximum Gasteiger partial charge on any atom is 0.269 e. The summed E-state index contributed by atoms with van der Waals surface area (Å²) in [6, 6.07) is 21.6. The van der Waals surface area contributed by atoms with Crippen molar-refractivity contribution in [3.63, 3.8) is 0 Å². The smallest absolute Gasteiger partial charge is 0.269 e. The quantitative estimate of drug-likeness (QED) is 0.134. The van der Waals surface area contributed by atoms with Gasteiger partial charge < -0.3 is 4.74 Å². The van der Waals surface area contributed by atoms with Crippen LogP contribution >= 0.6 is 34.4 Å². The highest BCUT2D eigenvalue weighted by molar-refractivity contribution is 14.1. The molecule has 0 saturated carbocycles. The summed E-state index contributed by atoms with van der Waals surface area (Å²) in [5, 5.41) is 14.6. The molecular weight excluding hydrogens is 529 g/mol. The Bertz CT molecular complexity index is 1060. The van der Waals surface area contributed by atoms with Crippen LogP contribution in [0.1, 0.15) is 11.1 Å². The third-order valence-corrected chi connectivity index (χ3v) is 5.75. The summed E-state index contributed by atoms with van der Waals surface area (Å²) in [5.41, 5.74) is 4.41. The molecule has 0 unspecified atom stereocenters. The van der Waals surface area contributed by atoms with E-state index in [1.165, 1.54) is 27.5 Å². The lowest BCUT2D eigenvalue weighted by Crippen LogP contribution is -2.19. The van der Waals surface area contributed by atoms with E-state index < -0.39 is 4.92 Å². The number of ether oxygens (including phenoxy) is 1. The molecule has 7 nitrogen and oxygen atoms in total. The van der Waals surface area contributed by atoms with E-state index in [9.17, 15) is 14.9 Å². The topological polar surface area (TPSA) is 93.8 Å². The van der Waals surface area contributed by atoms with E-state index in [0.717, 1.165) is 21.8 Å². The van der Waals surface area contributed by atoms with Crippen molar-refractivity contribution >= 4 is 52.2 Å². The van der Waals surface area contributed by atoms with Gasteiger partial charge in [-0.05, 0) is 82.2 Å². The molecule has 3 aromatic carbocycles. The maximum atomic E-state index is 11.9. The Balaban J connectivity index is 1.41. The number of carbonyl (C=O) groups is 1. The molecule has 0 saturated heterocycles. The number of nitro groups is 1. The standard InChI is InChI=1S/C22H18IN3O4S/c23-18-5-1-17(2-6-18)14-30-20-9-3-16(4-10-20)13-24-25-22(27)15-31-21-11-7-19(8-12-21)26(28)29/h1-13H,14-15H2,(H,25,27)/b24-13-. The Labute approximate surface area is 197 Å². The number of nitrogens with one attached hydrogen (secondary N) is 1. The van der Waals surface area contributed by atoms with Gasteiger partial charge in [0, 0.05) is 20.6 Å². The number of hydrazone groups is 1. The zero-order valence-electron chi connectivity index (χ0n) is 16.2. The Morgan fingerprint density at radius 3 is 2.39 bits per heavy atom. The van der Waals surface area contributed by atoms with Crippen LogP contribution in [0.25, 0.3) is 0 Å². The number of benzene rings is 3. The Morgan fingerprint density at radius 1 is 1.06 bits per heavy atom. The molecule has 0 atom stereocenters. The van der Waals surface area contributed by atoms with Crippen molar-refractivity contribution in [2.45, 2.75) is 11.5 Å².